The van der Waals surface area contributed by atoms with Gasteiger partial charge in [0, 0.05) is 18.4 Å². The van der Waals surface area contributed by atoms with E-state index < -0.39 is 0 Å². The topological polar surface area (TPSA) is 46.1 Å². The fourth-order valence-corrected chi connectivity index (χ4v) is 4.59. The molecule has 0 saturated carbocycles. The van der Waals surface area contributed by atoms with Crippen molar-refractivity contribution >= 4 is 33.1 Å². The van der Waals surface area contributed by atoms with Crippen LogP contribution in [-0.4, -0.2) is 22.4 Å². The van der Waals surface area contributed by atoms with Gasteiger partial charge in [0.1, 0.15) is 10.7 Å². The van der Waals surface area contributed by atoms with Gasteiger partial charge in [0.2, 0.25) is 0 Å². The molecule has 0 N–H and O–H groups in total. The molecule has 0 bridgehead atoms. The van der Waals surface area contributed by atoms with E-state index in [1.54, 1.807) is 17.5 Å². The Hall–Kier alpha value is -3.05. The average molecular weight is 371 g/mol. The minimum absolute atomic E-state index is 0.00972. The van der Waals surface area contributed by atoms with Crippen LogP contribution < -0.4 is 4.90 Å². The lowest BCUT2D eigenvalue weighted by Crippen LogP contribution is -2.35. The van der Waals surface area contributed by atoms with Crippen molar-refractivity contribution in [3.05, 3.63) is 78.0 Å². The number of para-hydroxylation sites is 2. The maximum Gasteiger partial charge on any atom is 0.260 e. The molecule has 27 heavy (non-hydrogen) atoms. The Morgan fingerprint density at radius 2 is 1.85 bits per heavy atom. The highest BCUT2D eigenvalue weighted by Gasteiger charge is 2.26. The van der Waals surface area contributed by atoms with E-state index in [1.807, 2.05) is 59.5 Å². The molecule has 132 valence electrons. The lowest BCUT2D eigenvalue weighted by molar-refractivity contribution is 0.0985. The van der Waals surface area contributed by atoms with Crippen LogP contribution in [0.1, 0.15) is 22.3 Å². The van der Waals surface area contributed by atoms with Crippen molar-refractivity contribution < 1.29 is 4.79 Å². The van der Waals surface area contributed by atoms with Gasteiger partial charge in [-0.1, -0.05) is 30.3 Å². The highest BCUT2D eigenvalue weighted by Crippen LogP contribution is 2.33. The predicted octanol–water partition coefficient (Wildman–Crippen LogP) is 4.95. The van der Waals surface area contributed by atoms with Crippen LogP contribution in [0.3, 0.4) is 0 Å². The van der Waals surface area contributed by atoms with Gasteiger partial charge in [0.15, 0.2) is 0 Å². The summed E-state index contributed by atoms with van der Waals surface area (Å²) in [5, 5.41) is 0.783. The van der Waals surface area contributed by atoms with Crippen LogP contribution in [-0.2, 0) is 6.42 Å². The first-order valence-corrected chi connectivity index (χ1v) is 9.83. The molecule has 0 unspecified atom stereocenters. The highest BCUT2D eigenvalue weighted by molar-refractivity contribution is 7.21. The summed E-state index contributed by atoms with van der Waals surface area (Å²) in [6, 6.07) is 19.8. The standard InChI is InChI=1S/C22H17N3OS/c26-22(25-14-6-8-15-7-1-3-11-18(15)25)16-9-5-13-23-20(16)21-24-17-10-2-4-12-19(17)27-21/h1-5,7,9-13H,6,8,14H2. The van der Waals surface area contributed by atoms with Crippen molar-refractivity contribution in [3.63, 3.8) is 0 Å². The first-order chi connectivity index (χ1) is 13.3. The number of rotatable bonds is 2. The van der Waals surface area contributed by atoms with E-state index in [1.165, 1.54) is 5.56 Å². The van der Waals surface area contributed by atoms with Crippen LogP contribution in [0.2, 0.25) is 0 Å². The van der Waals surface area contributed by atoms with E-state index in [9.17, 15) is 4.79 Å². The van der Waals surface area contributed by atoms with Crippen molar-refractivity contribution in [2.24, 2.45) is 0 Å². The molecule has 2 aromatic heterocycles. The molecule has 3 heterocycles. The first-order valence-electron chi connectivity index (χ1n) is 9.02. The fraction of sp³-hybridized carbons (Fsp3) is 0.136. The van der Waals surface area contributed by atoms with E-state index in [0.29, 0.717) is 11.3 Å². The third-order valence-corrected chi connectivity index (χ3v) is 5.93. The zero-order valence-corrected chi connectivity index (χ0v) is 15.4. The smallest absolute Gasteiger partial charge is 0.260 e. The van der Waals surface area contributed by atoms with E-state index in [4.69, 9.17) is 4.98 Å². The van der Waals surface area contributed by atoms with Crippen LogP contribution in [0.15, 0.2) is 66.9 Å². The number of hydrogen-bond donors (Lipinski definition) is 0. The van der Waals surface area contributed by atoms with Crippen LogP contribution in [0.5, 0.6) is 0 Å². The molecule has 4 nitrogen and oxygen atoms in total. The Balaban J connectivity index is 1.60. The summed E-state index contributed by atoms with van der Waals surface area (Å²) < 4.78 is 1.10. The van der Waals surface area contributed by atoms with Crippen molar-refractivity contribution in [1.29, 1.82) is 0 Å². The number of hydrogen-bond acceptors (Lipinski definition) is 4. The summed E-state index contributed by atoms with van der Waals surface area (Å²) in [5.41, 5.74) is 4.43. The average Bonchev–Trinajstić information content (AvgIpc) is 3.17. The van der Waals surface area contributed by atoms with Gasteiger partial charge in [-0.05, 0) is 48.7 Å². The second-order valence-electron chi connectivity index (χ2n) is 6.58. The maximum absolute atomic E-state index is 13.4. The molecule has 0 aliphatic carbocycles. The molecule has 1 amide bonds. The van der Waals surface area contributed by atoms with Gasteiger partial charge >= 0.3 is 0 Å². The number of aromatic nitrogens is 2. The van der Waals surface area contributed by atoms with E-state index >= 15 is 0 Å². The molecule has 0 spiro atoms. The minimum atomic E-state index is -0.00972. The Morgan fingerprint density at radius 1 is 1.00 bits per heavy atom. The van der Waals surface area contributed by atoms with Gasteiger partial charge in [0.05, 0.1) is 15.8 Å². The van der Waals surface area contributed by atoms with Crippen molar-refractivity contribution in [1.82, 2.24) is 9.97 Å². The Kier molecular flexibility index (Phi) is 3.94. The van der Waals surface area contributed by atoms with Gasteiger partial charge in [-0.15, -0.1) is 11.3 Å². The number of nitrogens with zero attached hydrogens (tertiary/aromatic N) is 3. The van der Waals surface area contributed by atoms with Crippen molar-refractivity contribution in [3.8, 4) is 10.7 Å². The summed E-state index contributed by atoms with van der Waals surface area (Å²) in [4.78, 5) is 24.5. The lowest BCUT2D eigenvalue weighted by atomic mass is 10.0. The highest BCUT2D eigenvalue weighted by atomic mass is 32.1. The van der Waals surface area contributed by atoms with Crippen LogP contribution in [0.4, 0.5) is 5.69 Å². The number of amides is 1. The molecule has 0 radical (unpaired) electrons. The Bertz CT molecular complexity index is 1120. The normalized spacial score (nSPS) is 13.6. The summed E-state index contributed by atoms with van der Waals surface area (Å²) in [7, 11) is 0. The fourth-order valence-electron chi connectivity index (χ4n) is 3.61. The second kappa shape index (κ2) is 6.59. The largest absolute Gasteiger partial charge is 0.308 e. The molecule has 4 aromatic rings. The Morgan fingerprint density at radius 3 is 2.78 bits per heavy atom. The summed E-state index contributed by atoms with van der Waals surface area (Å²) in [6.45, 7) is 0.726. The van der Waals surface area contributed by atoms with E-state index in [2.05, 4.69) is 11.1 Å². The van der Waals surface area contributed by atoms with Crippen LogP contribution in [0, 0.1) is 0 Å². The Labute approximate surface area is 161 Å². The molecule has 1 aliphatic heterocycles. The molecule has 1 aliphatic rings. The van der Waals surface area contributed by atoms with Gasteiger partial charge < -0.3 is 4.90 Å². The van der Waals surface area contributed by atoms with Crippen LogP contribution in [0.25, 0.3) is 20.9 Å². The predicted molar refractivity (Wildman–Crippen MR) is 109 cm³/mol. The van der Waals surface area contributed by atoms with Crippen molar-refractivity contribution in [2.75, 3.05) is 11.4 Å². The lowest BCUT2D eigenvalue weighted by Gasteiger charge is -2.29. The van der Waals surface area contributed by atoms with Gasteiger partial charge in [-0.3, -0.25) is 9.78 Å². The van der Waals surface area contributed by atoms with Gasteiger partial charge in [-0.25, -0.2) is 4.98 Å². The third kappa shape index (κ3) is 2.80. The number of carbonyl (C=O) groups is 1. The molecule has 2 aromatic carbocycles. The van der Waals surface area contributed by atoms with Crippen molar-refractivity contribution in [2.45, 2.75) is 12.8 Å². The number of aryl methyl sites for hydroxylation is 1. The summed E-state index contributed by atoms with van der Waals surface area (Å²) >= 11 is 1.57. The molecule has 0 fully saturated rings. The number of benzene rings is 2. The molecule has 0 atom stereocenters. The number of carbonyl (C=O) groups excluding carboxylic acids is 1. The van der Waals surface area contributed by atoms with Gasteiger partial charge in [0.25, 0.3) is 5.91 Å². The number of pyridine rings is 1. The zero-order chi connectivity index (χ0) is 18.2. The first kappa shape index (κ1) is 16.1. The molecule has 5 heteroatoms. The zero-order valence-electron chi connectivity index (χ0n) is 14.6. The quantitative estimate of drug-likeness (QED) is 0.501. The summed E-state index contributed by atoms with van der Waals surface area (Å²) in [6.07, 6.45) is 3.71. The number of fused-ring (bicyclic) bond motifs is 2. The molecular weight excluding hydrogens is 354 g/mol. The minimum Gasteiger partial charge on any atom is -0.308 e. The second-order valence-corrected chi connectivity index (χ2v) is 7.61. The maximum atomic E-state index is 13.4. The SMILES string of the molecule is O=C(c1cccnc1-c1nc2ccccc2s1)N1CCCc2ccccc21. The molecular formula is C22H17N3OS. The number of thiazole rings is 1. The molecule has 5 rings (SSSR count). The van der Waals surface area contributed by atoms with E-state index in [-0.39, 0.29) is 5.91 Å². The third-order valence-electron chi connectivity index (χ3n) is 4.89. The van der Waals surface area contributed by atoms with Crippen LogP contribution >= 0.6 is 11.3 Å². The van der Waals surface area contributed by atoms with Gasteiger partial charge in [-0.2, -0.15) is 0 Å². The monoisotopic (exact) mass is 371 g/mol. The number of anilines is 1. The van der Waals surface area contributed by atoms with E-state index in [0.717, 1.165) is 40.3 Å². The summed E-state index contributed by atoms with van der Waals surface area (Å²) in [5.74, 6) is -0.00972. The molecule has 0 saturated heterocycles.